The van der Waals surface area contributed by atoms with Gasteiger partial charge >= 0.3 is 5.97 Å². The van der Waals surface area contributed by atoms with E-state index in [1.54, 1.807) is 6.07 Å². The third-order valence-electron chi connectivity index (χ3n) is 3.85. The van der Waals surface area contributed by atoms with E-state index in [0.717, 1.165) is 23.5 Å². The van der Waals surface area contributed by atoms with Gasteiger partial charge in [0.25, 0.3) is 5.91 Å². The molecule has 0 bridgehead atoms. The third-order valence-corrected chi connectivity index (χ3v) is 3.85. The molecule has 0 aliphatic rings. The van der Waals surface area contributed by atoms with Crippen molar-refractivity contribution in [1.29, 1.82) is 0 Å². The summed E-state index contributed by atoms with van der Waals surface area (Å²) in [4.78, 5) is 23.8. The first-order valence-electron chi connectivity index (χ1n) is 8.13. The summed E-state index contributed by atoms with van der Waals surface area (Å²) in [5, 5.41) is 2.68. The molecular formula is C19H24N2O3. The summed E-state index contributed by atoms with van der Waals surface area (Å²) in [6, 6.07) is 9.89. The number of hydrogen-bond donors (Lipinski definition) is 1. The van der Waals surface area contributed by atoms with Crippen LogP contribution in [0.5, 0.6) is 0 Å². The predicted molar refractivity (Wildman–Crippen MR) is 93.6 cm³/mol. The molecule has 1 amide bonds. The third kappa shape index (κ3) is 4.04. The van der Waals surface area contributed by atoms with Gasteiger partial charge < -0.3 is 14.6 Å². The van der Waals surface area contributed by atoms with Crippen LogP contribution in [0.4, 0.5) is 0 Å². The molecule has 1 aromatic heterocycles. The van der Waals surface area contributed by atoms with Gasteiger partial charge in [-0.3, -0.25) is 4.79 Å². The van der Waals surface area contributed by atoms with Crippen LogP contribution in [-0.4, -0.2) is 29.6 Å². The van der Waals surface area contributed by atoms with Crippen molar-refractivity contribution in [2.24, 2.45) is 0 Å². The van der Waals surface area contributed by atoms with Crippen molar-refractivity contribution in [3.63, 3.8) is 0 Å². The van der Waals surface area contributed by atoms with Crippen LogP contribution in [0.1, 0.15) is 40.7 Å². The number of nitrogens with zero attached hydrogens (tertiary/aromatic N) is 1. The molecule has 2 rings (SSSR count). The summed E-state index contributed by atoms with van der Waals surface area (Å²) in [5.74, 6) is -0.759. The first-order chi connectivity index (χ1) is 11.4. The van der Waals surface area contributed by atoms with Crippen LogP contribution in [0.2, 0.25) is 0 Å². The number of nitrogens with one attached hydrogen (secondary N) is 1. The number of rotatable bonds is 6. The second-order valence-corrected chi connectivity index (χ2v) is 5.88. The highest BCUT2D eigenvalue weighted by Crippen LogP contribution is 2.21. The molecular weight excluding hydrogens is 304 g/mol. The lowest BCUT2D eigenvalue weighted by Gasteiger charge is -2.10. The van der Waals surface area contributed by atoms with Gasteiger partial charge in [0.15, 0.2) is 6.61 Å². The van der Waals surface area contributed by atoms with Gasteiger partial charge in [0.1, 0.15) is 0 Å². The Morgan fingerprint density at radius 1 is 1.12 bits per heavy atom. The highest BCUT2D eigenvalue weighted by Gasteiger charge is 2.18. The van der Waals surface area contributed by atoms with E-state index in [0.29, 0.717) is 12.1 Å². The van der Waals surface area contributed by atoms with E-state index >= 15 is 0 Å². The topological polar surface area (TPSA) is 60.3 Å². The summed E-state index contributed by atoms with van der Waals surface area (Å²) >= 11 is 0. The maximum atomic E-state index is 12.3. The molecule has 0 saturated heterocycles. The quantitative estimate of drug-likeness (QED) is 0.829. The second-order valence-electron chi connectivity index (χ2n) is 5.88. The van der Waals surface area contributed by atoms with E-state index < -0.39 is 5.97 Å². The molecule has 0 atom stereocenters. The van der Waals surface area contributed by atoms with Crippen LogP contribution >= 0.6 is 0 Å². The molecule has 0 aliphatic carbocycles. The number of carbonyl (C=O) groups is 2. The smallest absolute Gasteiger partial charge is 0.340 e. The van der Waals surface area contributed by atoms with Crippen molar-refractivity contribution in [2.75, 3.05) is 13.2 Å². The number of aryl methyl sites for hydroxylation is 2. The monoisotopic (exact) mass is 328 g/mol. The summed E-state index contributed by atoms with van der Waals surface area (Å²) in [5.41, 5.74) is 4.40. The molecule has 0 spiro atoms. The Morgan fingerprint density at radius 2 is 1.79 bits per heavy atom. The first kappa shape index (κ1) is 17.8. The summed E-state index contributed by atoms with van der Waals surface area (Å²) in [6.07, 6.45) is 0.845. The van der Waals surface area contributed by atoms with Crippen molar-refractivity contribution in [1.82, 2.24) is 9.88 Å². The Balaban J connectivity index is 2.14. The molecule has 0 saturated carbocycles. The summed E-state index contributed by atoms with van der Waals surface area (Å²) in [6.45, 7) is 8.14. The van der Waals surface area contributed by atoms with E-state index in [9.17, 15) is 9.59 Å². The standard InChI is InChI=1S/C19H24N2O3/c1-5-10-20-18(22)12-24-19(23)17-11-14(3)21(15(17)4)16-8-6-13(2)7-9-16/h6-9,11H,5,10,12H2,1-4H3,(H,20,22). The summed E-state index contributed by atoms with van der Waals surface area (Å²) in [7, 11) is 0. The second kappa shape index (κ2) is 7.81. The predicted octanol–water partition coefficient (Wildman–Crippen LogP) is 3.09. The zero-order valence-corrected chi connectivity index (χ0v) is 14.7. The SMILES string of the molecule is CCCNC(=O)COC(=O)c1cc(C)n(-c2ccc(C)cc2)c1C. The lowest BCUT2D eigenvalue weighted by molar-refractivity contribution is -0.124. The Kier molecular flexibility index (Phi) is 5.79. The van der Waals surface area contributed by atoms with Gasteiger partial charge in [0.05, 0.1) is 5.56 Å². The van der Waals surface area contributed by atoms with Gasteiger partial charge in [-0.05, 0) is 45.4 Å². The molecule has 0 aliphatic heterocycles. The van der Waals surface area contributed by atoms with Gasteiger partial charge in [-0.1, -0.05) is 24.6 Å². The number of ether oxygens (including phenoxy) is 1. The first-order valence-corrected chi connectivity index (χ1v) is 8.13. The average molecular weight is 328 g/mol. The van der Waals surface area contributed by atoms with E-state index in [1.165, 1.54) is 5.56 Å². The van der Waals surface area contributed by atoms with Crippen LogP contribution in [0.25, 0.3) is 5.69 Å². The van der Waals surface area contributed by atoms with Gasteiger partial charge in [-0.25, -0.2) is 4.79 Å². The lowest BCUT2D eigenvalue weighted by Crippen LogP contribution is -2.29. The Hall–Kier alpha value is -2.56. The molecule has 1 heterocycles. The number of benzene rings is 1. The fourth-order valence-electron chi connectivity index (χ4n) is 2.58. The van der Waals surface area contributed by atoms with Gasteiger partial charge in [0.2, 0.25) is 0 Å². The van der Waals surface area contributed by atoms with E-state index in [2.05, 4.69) is 5.32 Å². The molecule has 1 aromatic carbocycles. The van der Waals surface area contributed by atoms with Crippen LogP contribution in [0.3, 0.4) is 0 Å². The molecule has 0 unspecified atom stereocenters. The molecule has 128 valence electrons. The van der Waals surface area contributed by atoms with E-state index in [1.807, 2.05) is 56.5 Å². The zero-order valence-electron chi connectivity index (χ0n) is 14.7. The maximum absolute atomic E-state index is 12.3. The van der Waals surface area contributed by atoms with Crippen molar-refractivity contribution < 1.29 is 14.3 Å². The molecule has 2 aromatic rings. The van der Waals surface area contributed by atoms with Crippen LogP contribution in [0, 0.1) is 20.8 Å². The minimum absolute atomic E-state index is 0.257. The molecule has 0 fully saturated rings. The number of amides is 1. The van der Waals surface area contributed by atoms with Crippen molar-refractivity contribution in [2.45, 2.75) is 34.1 Å². The van der Waals surface area contributed by atoms with E-state index in [4.69, 9.17) is 4.74 Å². The van der Waals surface area contributed by atoms with Crippen LogP contribution < -0.4 is 5.32 Å². The fraction of sp³-hybridized carbons (Fsp3) is 0.368. The number of aromatic nitrogens is 1. The average Bonchev–Trinajstić information content (AvgIpc) is 2.86. The Bertz CT molecular complexity index is 730. The molecule has 5 nitrogen and oxygen atoms in total. The van der Waals surface area contributed by atoms with Crippen molar-refractivity contribution in [3.8, 4) is 5.69 Å². The maximum Gasteiger partial charge on any atom is 0.340 e. The minimum Gasteiger partial charge on any atom is -0.452 e. The van der Waals surface area contributed by atoms with Gasteiger partial charge in [-0.2, -0.15) is 0 Å². The molecule has 0 radical (unpaired) electrons. The molecule has 5 heteroatoms. The Morgan fingerprint density at radius 3 is 2.42 bits per heavy atom. The van der Waals surface area contributed by atoms with E-state index in [-0.39, 0.29) is 12.5 Å². The highest BCUT2D eigenvalue weighted by atomic mass is 16.5. The fourth-order valence-corrected chi connectivity index (χ4v) is 2.58. The normalized spacial score (nSPS) is 10.5. The molecule has 1 N–H and O–H groups in total. The van der Waals surface area contributed by atoms with Crippen molar-refractivity contribution in [3.05, 3.63) is 52.8 Å². The summed E-state index contributed by atoms with van der Waals surface area (Å²) < 4.78 is 7.13. The number of esters is 1. The van der Waals surface area contributed by atoms with Crippen LogP contribution in [0.15, 0.2) is 30.3 Å². The van der Waals surface area contributed by atoms with Gasteiger partial charge in [0, 0.05) is 23.6 Å². The minimum atomic E-state index is -0.479. The highest BCUT2D eigenvalue weighted by molar-refractivity contribution is 5.93. The Labute approximate surface area is 142 Å². The van der Waals surface area contributed by atoms with Crippen LogP contribution in [-0.2, 0) is 9.53 Å². The van der Waals surface area contributed by atoms with Gasteiger partial charge in [-0.15, -0.1) is 0 Å². The largest absolute Gasteiger partial charge is 0.452 e. The number of carbonyl (C=O) groups excluding carboxylic acids is 2. The zero-order chi connectivity index (χ0) is 17.7. The van der Waals surface area contributed by atoms with Crippen molar-refractivity contribution >= 4 is 11.9 Å². The number of hydrogen-bond acceptors (Lipinski definition) is 3. The lowest BCUT2D eigenvalue weighted by atomic mass is 10.2. The molecule has 24 heavy (non-hydrogen) atoms.